The Labute approximate surface area is 174 Å². The molecule has 0 N–H and O–H groups in total. The Balaban J connectivity index is 1.36. The van der Waals surface area contributed by atoms with E-state index >= 15 is 0 Å². The van der Waals surface area contributed by atoms with Crippen molar-refractivity contribution in [2.24, 2.45) is 17.8 Å². The Morgan fingerprint density at radius 2 is 1.48 bits per heavy atom. The van der Waals surface area contributed by atoms with E-state index in [9.17, 15) is 4.39 Å². The molecule has 0 heterocycles. The molecule has 1 aromatic carbocycles. The average Bonchev–Trinajstić information content (AvgIpc) is 2.79. The standard InChI is InChI=1S/C26H31FN2/c27-26(19-29)3-1-2-20-4-6-21(7-5-20)8-9-22-10-14-24(15-11-22)25-16-12-23(18-28)13-17-25/h3,8-9,12-13,16-17,20-22,24H,1-2,4-7,10-11,14-15H2. The van der Waals surface area contributed by atoms with Crippen molar-refractivity contribution in [3.63, 3.8) is 0 Å². The molecule has 0 unspecified atom stereocenters. The smallest absolute Gasteiger partial charge is 0.195 e. The van der Waals surface area contributed by atoms with Gasteiger partial charge in [-0.15, -0.1) is 0 Å². The van der Waals surface area contributed by atoms with Crippen LogP contribution >= 0.6 is 0 Å². The van der Waals surface area contributed by atoms with E-state index in [1.807, 2.05) is 12.1 Å². The number of hydrogen-bond donors (Lipinski definition) is 0. The molecular formula is C26H31FN2. The highest BCUT2D eigenvalue weighted by atomic mass is 19.1. The van der Waals surface area contributed by atoms with Crippen LogP contribution in [0.2, 0.25) is 0 Å². The summed E-state index contributed by atoms with van der Waals surface area (Å²) < 4.78 is 12.9. The Morgan fingerprint density at radius 3 is 2.03 bits per heavy atom. The predicted molar refractivity (Wildman–Crippen MR) is 114 cm³/mol. The van der Waals surface area contributed by atoms with E-state index in [2.05, 4.69) is 30.4 Å². The van der Waals surface area contributed by atoms with Gasteiger partial charge in [0, 0.05) is 0 Å². The van der Waals surface area contributed by atoms with Gasteiger partial charge in [-0.05, 0) is 112 Å². The minimum atomic E-state index is -0.643. The SMILES string of the molecule is N#CC(F)=CCCC1CCC(C=CC2CCC(c3ccc(C#N)cc3)CC2)CC1. The molecule has 2 saturated carbocycles. The molecule has 0 aromatic heterocycles. The van der Waals surface area contributed by atoms with Crippen LogP contribution in [0.5, 0.6) is 0 Å². The first kappa shape index (κ1) is 21.3. The Bertz CT molecular complexity index is 777. The lowest BCUT2D eigenvalue weighted by Crippen LogP contribution is -2.14. The van der Waals surface area contributed by atoms with Crippen LogP contribution < -0.4 is 0 Å². The van der Waals surface area contributed by atoms with Gasteiger partial charge in [-0.1, -0.05) is 24.3 Å². The molecule has 0 radical (unpaired) electrons. The van der Waals surface area contributed by atoms with Gasteiger partial charge in [-0.25, -0.2) is 0 Å². The topological polar surface area (TPSA) is 47.6 Å². The highest BCUT2D eigenvalue weighted by Gasteiger charge is 2.22. The van der Waals surface area contributed by atoms with E-state index in [0.29, 0.717) is 30.1 Å². The zero-order valence-corrected chi connectivity index (χ0v) is 17.2. The van der Waals surface area contributed by atoms with Gasteiger partial charge in [0.15, 0.2) is 5.83 Å². The fraction of sp³-hybridized carbons (Fsp3) is 0.538. The third-order valence-corrected chi connectivity index (χ3v) is 6.84. The third kappa shape index (κ3) is 6.57. The molecule has 0 atom stereocenters. The van der Waals surface area contributed by atoms with Crippen LogP contribution in [0.25, 0.3) is 0 Å². The molecule has 0 bridgehead atoms. The van der Waals surface area contributed by atoms with E-state index in [1.54, 1.807) is 6.07 Å². The molecule has 0 amide bonds. The van der Waals surface area contributed by atoms with Gasteiger partial charge in [0.25, 0.3) is 0 Å². The first-order valence-corrected chi connectivity index (χ1v) is 11.1. The Morgan fingerprint density at radius 1 is 0.897 bits per heavy atom. The summed E-state index contributed by atoms with van der Waals surface area (Å²) in [5.41, 5.74) is 2.13. The molecule has 0 saturated heterocycles. The van der Waals surface area contributed by atoms with E-state index in [-0.39, 0.29) is 0 Å². The zero-order chi connectivity index (χ0) is 20.5. The van der Waals surface area contributed by atoms with Crippen LogP contribution in [0.3, 0.4) is 0 Å². The summed E-state index contributed by atoms with van der Waals surface area (Å²) in [6, 6.07) is 11.9. The normalized spacial score (nSPS) is 28.0. The maximum atomic E-state index is 12.9. The summed E-state index contributed by atoms with van der Waals surface area (Å²) in [5.74, 6) is 2.10. The Hall–Kier alpha value is -2.39. The minimum Gasteiger partial charge on any atom is -0.195 e. The molecule has 29 heavy (non-hydrogen) atoms. The third-order valence-electron chi connectivity index (χ3n) is 6.84. The number of allylic oxidation sites excluding steroid dienone is 4. The van der Waals surface area contributed by atoms with Crippen LogP contribution in [-0.2, 0) is 0 Å². The van der Waals surface area contributed by atoms with Crippen LogP contribution in [0.4, 0.5) is 4.39 Å². The maximum absolute atomic E-state index is 12.9. The van der Waals surface area contributed by atoms with E-state index in [4.69, 9.17) is 10.5 Å². The van der Waals surface area contributed by atoms with Crippen molar-refractivity contribution in [1.29, 1.82) is 10.5 Å². The van der Waals surface area contributed by atoms with Crippen molar-refractivity contribution < 1.29 is 4.39 Å². The fourth-order valence-corrected chi connectivity index (χ4v) is 4.95. The molecule has 0 aliphatic heterocycles. The minimum absolute atomic E-state index is 0.641. The molecule has 0 spiro atoms. The van der Waals surface area contributed by atoms with Crippen molar-refractivity contribution >= 4 is 0 Å². The van der Waals surface area contributed by atoms with Gasteiger partial charge in [0.1, 0.15) is 6.07 Å². The summed E-state index contributed by atoms with van der Waals surface area (Å²) in [4.78, 5) is 0. The number of benzene rings is 1. The second-order valence-electron chi connectivity index (χ2n) is 8.75. The maximum Gasteiger partial charge on any atom is 0.196 e. The number of rotatable bonds is 6. The second-order valence-corrected chi connectivity index (χ2v) is 8.75. The lowest BCUT2D eigenvalue weighted by Gasteiger charge is -2.29. The van der Waals surface area contributed by atoms with Crippen molar-refractivity contribution in [1.82, 2.24) is 0 Å². The molecular weight excluding hydrogens is 359 g/mol. The summed E-state index contributed by atoms with van der Waals surface area (Å²) in [7, 11) is 0. The lowest BCUT2D eigenvalue weighted by atomic mass is 9.77. The van der Waals surface area contributed by atoms with Gasteiger partial charge in [0.2, 0.25) is 0 Å². The van der Waals surface area contributed by atoms with Gasteiger partial charge < -0.3 is 0 Å². The van der Waals surface area contributed by atoms with Crippen molar-refractivity contribution in [2.75, 3.05) is 0 Å². The van der Waals surface area contributed by atoms with Crippen molar-refractivity contribution in [3.05, 3.63) is 59.4 Å². The highest BCUT2D eigenvalue weighted by Crippen LogP contribution is 2.37. The van der Waals surface area contributed by atoms with Crippen LogP contribution in [0.15, 0.2) is 48.3 Å². The monoisotopic (exact) mass is 390 g/mol. The van der Waals surface area contributed by atoms with Crippen LogP contribution in [0.1, 0.15) is 81.3 Å². The summed E-state index contributed by atoms with van der Waals surface area (Å²) in [6.07, 6.45) is 18.0. The first-order valence-electron chi connectivity index (χ1n) is 11.1. The quantitative estimate of drug-likeness (QED) is 0.376. The molecule has 2 fully saturated rings. The van der Waals surface area contributed by atoms with E-state index in [0.717, 1.165) is 12.0 Å². The Kier molecular flexibility index (Phi) is 8.06. The van der Waals surface area contributed by atoms with E-state index < -0.39 is 5.83 Å². The first-order chi connectivity index (χ1) is 14.2. The van der Waals surface area contributed by atoms with Crippen molar-refractivity contribution in [2.45, 2.75) is 70.1 Å². The number of nitrogens with zero attached hydrogens (tertiary/aromatic N) is 2. The highest BCUT2D eigenvalue weighted by molar-refractivity contribution is 5.33. The number of hydrogen-bond acceptors (Lipinski definition) is 2. The number of halogens is 1. The van der Waals surface area contributed by atoms with Gasteiger partial charge in [-0.3, -0.25) is 0 Å². The molecule has 3 rings (SSSR count). The zero-order valence-electron chi connectivity index (χ0n) is 17.2. The van der Waals surface area contributed by atoms with Crippen LogP contribution in [0, 0.1) is 40.4 Å². The average molecular weight is 391 g/mol. The molecule has 2 aliphatic carbocycles. The lowest BCUT2D eigenvalue weighted by molar-refractivity contribution is 0.295. The van der Waals surface area contributed by atoms with Gasteiger partial charge in [-0.2, -0.15) is 14.9 Å². The van der Waals surface area contributed by atoms with E-state index in [1.165, 1.54) is 63.0 Å². The summed E-state index contributed by atoms with van der Waals surface area (Å²) in [6.45, 7) is 0. The molecule has 1 aromatic rings. The summed E-state index contributed by atoms with van der Waals surface area (Å²) >= 11 is 0. The number of nitriles is 2. The van der Waals surface area contributed by atoms with Crippen molar-refractivity contribution in [3.8, 4) is 12.1 Å². The molecule has 2 nitrogen and oxygen atoms in total. The summed E-state index contributed by atoms with van der Waals surface area (Å²) in [5, 5.41) is 17.4. The second kappa shape index (κ2) is 11.0. The molecule has 152 valence electrons. The van der Waals surface area contributed by atoms with Gasteiger partial charge >= 0.3 is 0 Å². The largest absolute Gasteiger partial charge is 0.196 e. The predicted octanol–water partition coefficient (Wildman–Crippen LogP) is 7.35. The van der Waals surface area contributed by atoms with Gasteiger partial charge in [0.05, 0.1) is 11.6 Å². The fourth-order valence-electron chi connectivity index (χ4n) is 4.95. The molecule has 3 heteroatoms. The van der Waals surface area contributed by atoms with Crippen LogP contribution in [-0.4, -0.2) is 0 Å². The molecule has 2 aliphatic rings.